The minimum absolute atomic E-state index is 0.326. The molecule has 0 aliphatic rings. The first-order chi connectivity index (χ1) is 10.8. The third-order valence-corrected chi connectivity index (χ3v) is 3.99. The molecule has 124 valence electrons. The van der Waals surface area contributed by atoms with Crippen molar-refractivity contribution in [3.8, 4) is 11.1 Å². The highest BCUT2D eigenvalue weighted by Gasteiger charge is 2.26. The molecule has 0 unspecified atom stereocenters. The van der Waals surface area contributed by atoms with Gasteiger partial charge in [0.05, 0.1) is 24.3 Å². The van der Waals surface area contributed by atoms with Crippen LogP contribution >= 0.6 is 11.6 Å². The Morgan fingerprint density at radius 2 is 1.96 bits per heavy atom. The van der Waals surface area contributed by atoms with Gasteiger partial charge in [-0.25, -0.2) is 4.79 Å². The molecule has 1 aromatic heterocycles. The molecule has 0 aliphatic carbocycles. The summed E-state index contributed by atoms with van der Waals surface area (Å²) in [7, 11) is 0. The SMILES string of the molecule is CC(C)(C)N(CCn1ncc(-c2ccccc2)c1CCl)C(=O)O. The standard InChI is InChI=1S/C17H22ClN3O2/c1-17(2,3)20(16(22)23)9-10-21-15(11-18)14(12-19-21)13-7-5-4-6-8-13/h4-8,12H,9-11H2,1-3H3,(H,22,23). The van der Waals surface area contributed by atoms with Gasteiger partial charge in [0.25, 0.3) is 0 Å². The fourth-order valence-electron chi connectivity index (χ4n) is 2.52. The van der Waals surface area contributed by atoms with Crippen molar-refractivity contribution in [2.75, 3.05) is 6.54 Å². The summed E-state index contributed by atoms with van der Waals surface area (Å²) in [5, 5.41) is 13.8. The number of carboxylic acid groups (broad SMARTS) is 1. The van der Waals surface area contributed by atoms with Gasteiger partial charge in [-0.05, 0) is 26.3 Å². The molecule has 1 heterocycles. The molecule has 0 atom stereocenters. The van der Waals surface area contributed by atoms with E-state index in [4.69, 9.17) is 11.6 Å². The molecule has 6 heteroatoms. The van der Waals surface area contributed by atoms with Crippen LogP contribution in [0.5, 0.6) is 0 Å². The Balaban J connectivity index is 2.22. The number of nitrogens with zero attached hydrogens (tertiary/aromatic N) is 3. The van der Waals surface area contributed by atoms with Crippen LogP contribution in [0.1, 0.15) is 26.5 Å². The molecule has 1 amide bonds. The van der Waals surface area contributed by atoms with E-state index in [1.165, 1.54) is 4.90 Å². The van der Waals surface area contributed by atoms with Crippen molar-refractivity contribution in [2.45, 2.75) is 38.7 Å². The maximum absolute atomic E-state index is 11.4. The quantitative estimate of drug-likeness (QED) is 0.838. The van der Waals surface area contributed by atoms with Gasteiger partial charge in [-0.2, -0.15) is 5.10 Å². The van der Waals surface area contributed by atoms with Gasteiger partial charge in [0, 0.05) is 17.6 Å². The number of carbonyl (C=O) groups is 1. The summed E-state index contributed by atoms with van der Waals surface area (Å²) in [6, 6.07) is 9.92. The van der Waals surface area contributed by atoms with Gasteiger partial charge >= 0.3 is 6.09 Å². The molecule has 0 spiro atoms. The Morgan fingerprint density at radius 3 is 2.48 bits per heavy atom. The average Bonchev–Trinajstić information content (AvgIpc) is 2.89. The zero-order valence-electron chi connectivity index (χ0n) is 13.7. The summed E-state index contributed by atoms with van der Waals surface area (Å²) in [5.74, 6) is 0.326. The lowest BCUT2D eigenvalue weighted by atomic mass is 10.1. The Labute approximate surface area is 141 Å². The second kappa shape index (κ2) is 7.04. The molecule has 2 aromatic rings. The molecular weight excluding hydrogens is 314 g/mol. The van der Waals surface area contributed by atoms with Gasteiger partial charge in [-0.15, -0.1) is 11.6 Å². The molecular formula is C17H22ClN3O2. The summed E-state index contributed by atoms with van der Waals surface area (Å²) in [6.45, 7) is 6.46. The first-order valence-corrected chi connectivity index (χ1v) is 8.04. The highest BCUT2D eigenvalue weighted by molar-refractivity contribution is 6.17. The number of amides is 1. The molecule has 0 radical (unpaired) electrons. The number of hydrogen-bond donors (Lipinski definition) is 1. The first kappa shape index (κ1) is 17.3. The van der Waals surface area contributed by atoms with Gasteiger partial charge in [0.2, 0.25) is 0 Å². The van der Waals surface area contributed by atoms with Crippen LogP contribution in [0, 0.1) is 0 Å². The zero-order valence-corrected chi connectivity index (χ0v) is 14.4. The second-order valence-corrected chi connectivity index (χ2v) is 6.60. The van der Waals surface area contributed by atoms with Gasteiger partial charge in [0.1, 0.15) is 0 Å². The zero-order chi connectivity index (χ0) is 17.0. The van der Waals surface area contributed by atoms with E-state index in [2.05, 4.69) is 5.10 Å². The Bertz CT molecular complexity index is 662. The van der Waals surface area contributed by atoms with Crippen molar-refractivity contribution >= 4 is 17.7 Å². The van der Waals surface area contributed by atoms with Gasteiger partial charge < -0.3 is 10.0 Å². The Hall–Kier alpha value is -2.01. The fraction of sp³-hybridized carbons (Fsp3) is 0.412. The molecule has 0 fully saturated rings. The minimum atomic E-state index is -0.930. The molecule has 0 saturated heterocycles. The minimum Gasteiger partial charge on any atom is -0.465 e. The lowest BCUT2D eigenvalue weighted by molar-refractivity contribution is 0.0969. The molecule has 23 heavy (non-hydrogen) atoms. The van der Waals surface area contributed by atoms with Crippen molar-refractivity contribution in [1.29, 1.82) is 0 Å². The summed E-state index contributed by atoms with van der Waals surface area (Å²) in [6.07, 6.45) is 0.857. The lowest BCUT2D eigenvalue weighted by Gasteiger charge is -2.33. The van der Waals surface area contributed by atoms with Crippen LogP contribution in [0.3, 0.4) is 0 Å². The molecule has 1 N–H and O–H groups in total. The van der Waals surface area contributed by atoms with Crippen LogP contribution in [0.4, 0.5) is 4.79 Å². The summed E-state index contributed by atoms with van der Waals surface area (Å²) in [4.78, 5) is 12.8. The van der Waals surface area contributed by atoms with Gasteiger partial charge in [-0.1, -0.05) is 30.3 Å². The largest absolute Gasteiger partial charge is 0.465 e. The Kier molecular flexibility index (Phi) is 5.31. The van der Waals surface area contributed by atoms with Crippen LogP contribution in [-0.2, 0) is 12.4 Å². The van der Waals surface area contributed by atoms with Crippen LogP contribution in [0.2, 0.25) is 0 Å². The first-order valence-electron chi connectivity index (χ1n) is 7.51. The van der Waals surface area contributed by atoms with Crippen molar-refractivity contribution in [1.82, 2.24) is 14.7 Å². The van der Waals surface area contributed by atoms with Crippen LogP contribution < -0.4 is 0 Å². The number of alkyl halides is 1. The fourth-order valence-corrected chi connectivity index (χ4v) is 2.80. The van der Waals surface area contributed by atoms with Gasteiger partial charge in [-0.3, -0.25) is 4.68 Å². The van der Waals surface area contributed by atoms with Crippen LogP contribution in [0.15, 0.2) is 36.5 Å². The van der Waals surface area contributed by atoms with Crippen molar-refractivity contribution < 1.29 is 9.90 Å². The van der Waals surface area contributed by atoms with E-state index in [1.807, 2.05) is 51.1 Å². The third-order valence-electron chi connectivity index (χ3n) is 3.74. The van der Waals surface area contributed by atoms with Crippen molar-refractivity contribution in [3.05, 3.63) is 42.2 Å². The average molecular weight is 336 g/mol. The lowest BCUT2D eigenvalue weighted by Crippen LogP contribution is -2.46. The highest BCUT2D eigenvalue weighted by atomic mass is 35.5. The predicted molar refractivity (Wildman–Crippen MR) is 91.7 cm³/mol. The number of benzene rings is 1. The second-order valence-electron chi connectivity index (χ2n) is 6.33. The molecule has 0 bridgehead atoms. The van der Waals surface area contributed by atoms with E-state index in [1.54, 1.807) is 10.9 Å². The van der Waals surface area contributed by atoms with E-state index >= 15 is 0 Å². The van der Waals surface area contributed by atoms with Crippen LogP contribution in [0.25, 0.3) is 11.1 Å². The van der Waals surface area contributed by atoms with Crippen LogP contribution in [-0.4, -0.2) is 38.0 Å². The van der Waals surface area contributed by atoms with E-state index in [9.17, 15) is 9.90 Å². The normalized spacial score (nSPS) is 11.5. The molecule has 2 rings (SSSR count). The number of aromatic nitrogens is 2. The summed E-state index contributed by atoms with van der Waals surface area (Å²) >= 11 is 6.11. The third kappa shape index (κ3) is 4.05. The van der Waals surface area contributed by atoms with Crippen molar-refractivity contribution in [3.63, 3.8) is 0 Å². The topological polar surface area (TPSA) is 58.4 Å². The predicted octanol–water partition coefficient (Wildman–Crippen LogP) is 4.07. The maximum atomic E-state index is 11.4. The number of halogens is 1. The monoisotopic (exact) mass is 335 g/mol. The summed E-state index contributed by atoms with van der Waals surface area (Å²) < 4.78 is 1.79. The number of hydrogen-bond acceptors (Lipinski definition) is 2. The molecule has 0 saturated carbocycles. The maximum Gasteiger partial charge on any atom is 0.407 e. The number of rotatable bonds is 5. The van der Waals surface area contributed by atoms with E-state index in [-0.39, 0.29) is 0 Å². The molecule has 5 nitrogen and oxygen atoms in total. The van der Waals surface area contributed by atoms with Crippen molar-refractivity contribution in [2.24, 2.45) is 0 Å². The van der Waals surface area contributed by atoms with E-state index in [0.717, 1.165) is 16.8 Å². The van der Waals surface area contributed by atoms with E-state index in [0.29, 0.717) is 19.0 Å². The van der Waals surface area contributed by atoms with Gasteiger partial charge in [0.15, 0.2) is 0 Å². The Morgan fingerprint density at radius 1 is 1.30 bits per heavy atom. The summed E-state index contributed by atoms with van der Waals surface area (Å²) in [5.41, 5.74) is 2.48. The highest BCUT2D eigenvalue weighted by Crippen LogP contribution is 2.25. The smallest absolute Gasteiger partial charge is 0.407 e. The molecule has 0 aliphatic heterocycles. The molecule has 1 aromatic carbocycles. The van der Waals surface area contributed by atoms with E-state index < -0.39 is 11.6 Å².